The Bertz CT molecular complexity index is 1800. The fourth-order valence-electron chi connectivity index (χ4n) is 7.35. The number of benzene rings is 1. The first-order chi connectivity index (χ1) is 24.1. The number of ether oxygens (including phenoxy) is 2. The van der Waals surface area contributed by atoms with E-state index in [1.54, 1.807) is 0 Å². The Kier molecular flexibility index (Phi) is 10.5. The lowest BCUT2D eigenvalue weighted by molar-refractivity contribution is -0.605. The van der Waals surface area contributed by atoms with Crippen LogP contribution in [-0.2, 0) is 28.7 Å². The number of fused-ring (bicyclic) bond motifs is 2. The van der Waals surface area contributed by atoms with Gasteiger partial charge in [0.2, 0.25) is 0 Å². The van der Waals surface area contributed by atoms with Gasteiger partial charge in [-0.15, -0.1) is 0 Å². The zero-order valence-electron chi connectivity index (χ0n) is 28.0. The van der Waals surface area contributed by atoms with Crippen molar-refractivity contribution in [2.24, 2.45) is 0 Å². The number of carbonyl (C=O) groups is 1. The Hall–Kier alpha value is -3.57. The maximum absolute atomic E-state index is 14.2. The van der Waals surface area contributed by atoms with Crippen LogP contribution in [0.5, 0.6) is 6.01 Å². The molecule has 3 fully saturated rings. The Labute approximate surface area is 301 Å². The maximum Gasteiger partial charge on any atom is 0.418 e. The van der Waals surface area contributed by atoms with Crippen LogP contribution in [0.1, 0.15) is 54.2 Å². The van der Waals surface area contributed by atoms with Gasteiger partial charge < -0.3 is 30.3 Å². The Morgan fingerprint density at radius 1 is 1.22 bits per heavy atom. The van der Waals surface area contributed by atoms with E-state index in [1.807, 2.05) is 15.1 Å². The van der Waals surface area contributed by atoms with Gasteiger partial charge in [-0.05, 0) is 43.5 Å². The van der Waals surface area contributed by atoms with E-state index in [0.29, 0.717) is 55.2 Å². The van der Waals surface area contributed by atoms with Crippen molar-refractivity contribution < 1.29 is 41.5 Å². The number of hydrogen-bond donors (Lipinski definition) is 3. The van der Waals surface area contributed by atoms with Gasteiger partial charge in [-0.2, -0.15) is 31.9 Å². The first-order valence-corrected chi connectivity index (χ1v) is 17.2. The third kappa shape index (κ3) is 7.52. The number of amides is 1. The van der Waals surface area contributed by atoms with Crippen molar-refractivity contribution in [3.8, 4) is 6.01 Å². The van der Waals surface area contributed by atoms with E-state index in [4.69, 9.17) is 48.8 Å². The van der Waals surface area contributed by atoms with Crippen LogP contribution in [0.15, 0.2) is 34.5 Å². The van der Waals surface area contributed by atoms with E-state index in [-0.39, 0.29) is 72.7 Å². The molecular weight excluding hydrogens is 722 g/mol. The average Bonchev–Trinajstić information content (AvgIpc) is 3.52. The minimum atomic E-state index is -4.79. The highest BCUT2D eigenvalue weighted by Gasteiger charge is 2.48. The summed E-state index contributed by atoms with van der Waals surface area (Å²) in [5.74, 6) is -0.176. The molecule has 276 valence electrons. The molecule has 0 unspecified atom stereocenters. The lowest BCUT2D eigenvalue weighted by Gasteiger charge is -2.33. The summed E-state index contributed by atoms with van der Waals surface area (Å²) >= 11 is 12.7. The minimum absolute atomic E-state index is 0.0138. The molecule has 5 N–H and O–H groups in total. The molecule has 1 aromatic heterocycles. The van der Waals surface area contributed by atoms with Crippen LogP contribution in [0.4, 0.5) is 33.5 Å². The highest BCUT2D eigenvalue weighted by atomic mass is 35.5. The molecule has 6 rings (SSSR count). The number of nitrogens with two attached hydrogens (primary N) is 2. The number of alkyl halides is 3. The fraction of sp³-hybridized carbons (Fsp3) is 0.515. The van der Waals surface area contributed by atoms with E-state index in [9.17, 15) is 26.7 Å². The van der Waals surface area contributed by atoms with Gasteiger partial charge in [-0.1, -0.05) is 23.2 Å². The van der Waals surface area contributed by atoms with Gasteiger partial charge >= 0.3 is 12.2 Å². The number of anilines is 2. The van der Waals surface area contributed by atoms with E-state index in [0.717, 1.165) is 12.5 Å². The molecule has 0 spiro atoms. The second-order valence-corrected chi connectivity index (χ2v) is 14.3. The van der Waals surface area contributed by atoms with Crippen molar-refractivity contribution in [2.75, 3.05) is 64.1 Å². The van der Waals surface area contributed by atoms with E-state index < -0.39 is 40.4 Å². The van der Waals surface area contributed by atoms with E-state index in [2.05, 4.69) is 4.98 Å². The summed E-state index contributed by atoms with van der Waals surface area (Å²) in [5, 5.41) is 9.69. The summed E-state index contributed by atoms with van der Waals surface area (Å²) in [6.07, 6.45) is -5.46. The summed E-state index contributed by atoms with van der Waals surface area (Å²) < 4.78 is 82.3. The smallest absolute Gasteiger partial charge is 0.418 e. The monoisotopic (exact) mass is 759 g/mol. The largest absolute Gasteiger partial charge is 0.461 e. The first-order valence-electron chi connectivity index (χ1n) is 16.4. The molecule has 4 aliphatic rings. The van der Waals surface area contributed by atoms with Crippen LogP contribution in [0.3, 0.4) is 0 Å². The molecule has 0 saturated carbocycles. The lowest BCUT2D eigenvalue weighted by atomic mass is 9.93. The second-order valence-electron chi connectivity index (χ2n) is 13.5. The number of aromatic nitrogens is 2. The standard InChI is InChI=1S/C33H37Cl2F5N8O3/c1-46(2)30(49)27(42)26(35)23-14-47(7-4-6-43-23)29-20-15-50-24(19-9-18(41)10-21(34)25(19)33(38,39)40)11-22(20)44-31(45-29)51-16-32-5-3-8-48(32)13-17(12-32)28(36)37/h9-10,24,42-43H,3-8,11-16,41H2,1-2H3/p+1/b26-23+,42-27?/t24-,32-/m0/s1. The Morgan fingerprint density at radius 2 is 1.98 bits per heavy atom. The van der Waals surface area contributed by atoms with Crippen molar-refractivity contribution in [3.05, 3.63) is 61.9 Å². The summed E-state index contributed by atoms with van der Waals surface area (Å²) in [4.78, 5) is 27.1. The second kappa shape index (κ2) is 14.5. The normalized spacial score (nSPS) is 23.4. The summed E-state index contributed by atoms with van der Waals surface area (Å²) in [6, 6.07) is 2.17. The molecule has 2 atom stereocenters. The molecule has 51 heavy (non-hydrogen) atoms. The highest BCUT2D eigenvalue weighted by Crippen LogP contribution is 2.46. The number of hydrogen-bond acceptors (Lipinski definition) is 9. The number of carbonyl (C=O) groups excluding carboxylic acids is 1. The van der Waals surface area contributed by atoms with Crippen LogP contribution in [0, 0.1) is 5.41 Å². The lowest BCUT2D eigenvalue weighted by Crippen LogP contribution is -2.83. The van der Waals surface area contributed by atoms with E-state index >= 15 is 0 Å². The van der Waals surface area contributed by atoms with Gasteiger partial charge in [0.15, 0.2) is 0 Å². The SMILES string of the molecule is CN(C)C(=O)C(=N)/C(Cl)=C1/CN(c2nc(OC[C@@]34CCCN3CC(=C(F)F)C4)nc3c2CO[C@H](c2cc(N)cc(Cl)c2C(F)(F)F)C3)CCC[NH2+]1. The zero-order valence-corrected chi connectivity index (χ0v) is 29.5. The third-order valence-corrected chi connectivity index (χ3v) is 10.6. The molecule has 18 heteroatoms. The predicted molar refractivity (Wildman–Crippen MR) is 180 cm³/mol. The summed E-state index contributed by atoms with van der Waals surface area (Å²) in [5.41, 5.74) is 5.14. The van der Waals surface area contributed by atoms with Crippen molar-refractivity contribution in [1.29, 1.82) is 5.41 Å². The van der Waals surface area contributed by atoms with Crippen molar-refractivity contribution in [2.45, 2.75) is 56.5 Å². The molecule has 2 aromatic rings. The van der Waals surface area contributed by atoms with E-state index in [1.165, 1.54) is 25.1 Å². The fourth-order valence-corrected chi connectivity index (χ4v) is 7.91. The molecule has 0 bridgehead atoms. The van der Waals surface area contributed by atoms with Crippen LogP contribution < -0.4 is 20.7 Å². The maximum atomic E-state index is 14.2. The number of quaternary nitrogens is 1. The quantitative estimate of drug-likeness (QED) is 0.211. The van der Waals surface area contributed by atoms with Crippen LogP contribution in [-0.4, -0.2) is 90.4 Å². The molecule has 5 heterocycles. The highest BCUT2D eigenvalue weighted by molar-refractivity contribution is 6.58. The molecule has 1 aromatic carbocycles. The topological polar surface area (TPSA) is 138 Å². The van der Waals surface area contributed by atoms with Gasteiger partial charge in [-0.25, -0.2) is 0 Å². The van der Waals surface area contributed by atoms with Gasteiger partial charge in [0, 0.05) is 56.9 Å². The zero-order chi connectivity index (χ0) is 36.8. The molecule has 0 radical (unpaired) electrons. The van der Waals surface area contributed by atoms with Gasteiger partial charge in [-0.3, -0.25) is 15.1 Å². The number of nitrogen functional groups attached to an aromatic ring is 1. The molecule has 1 amide bonds. The predicted octanol–water partition coefficient (Wildman–Crippen LogP) is 4.64. The minimum Gasteiger partial charge on any atom is -0.461 e. The third-order valence-electron chi connectivity index (χ3n) is 9.84. The van der Waals surface area contributed by atoms with Gasteiger partial charge in [0.05, 0.1) is 47.6 Å². The molecule has 0 aliphatic carbocycles. The van der Waals surface area contributed by atoms with Gasteiger partial charge in [0.25, 0.3) is 12.0 Å². The molecule has 4 aliphatic heterocycles. The Balaban J connectivity index is 1.39. The van der Waals surface area contributed by atoms with Crippen molar-refractivity contribution >= 4 is 46.3 Å². The molecule has 11 nitrogen and oxygen atoms in total. The summed E-state index contributed by atoms with van der Waals surface area (Å²) in [7, 11) is 3.04. The summed E-state index contributed by atoms with van der Waals surface area (Å²) in [6.45, 7) is 1.87. The molecule has 3 saturated heterocycles. The number of rotatable bonds is 7. The number of nitrogens with one attached hydrogen (secondary N) is 1. The first kappa shape index (κ1) is 37.2. The average molecular weight is 761 g/mol. The van der Waals surface area contributed by atoms with Gasteiger partial charge in [0.1, 0.15) is 28.9 Å². The van der Waals surface area contributed by atoms with Crippen molar-refractivity contribution in [3.63, 3.8) is 0 Å². The molecular formula is C33H38Cl2F5N8O3+. The van der Waals surface area contributed by atoms with Crippen LogP contribution in [0.25, 0.3) is 0 Å². The Morgan fingerprint density at radius 3 is 2.69 bits per heavy atom. The number of nitrogens with zero attached hydrogens (tertiary/aromatic N) is 5. The van der Waals surface area contributed by atoms with Crippen LogP contribution in [0.2, 0.25) is 5.02 Å². The number of halogens is 7. The van der Waals surface area contributed by atoms with Crippen molar-refractivity contribution in [1.82, 2.24) is 19.8 Å². The van der Waals surface area contributed by atoms with Crippen LogP contribution >= 0.6 is 23.2 Å².